The average molecular weight is 346 g/mol. The molecule has 2 rings (SSSR count). The van der Waals surface area contributed by atoms with E-state index in [0.717, 1.165) is 18.5 Å². The summed E-state index contributed by atoms with van der Waals surface area (Å²) in [6.07, 6.45) is 1.89. The van der Waals surface area contributed by atoms with Crippen molar-refractivity contribution in [2.24, 2.45) is 5.92 Å². The predicted octanol–water partition coefficient (Wildman–Crippen LogP) is 4.21. The van der Waals surface area contributed by atoms with Gasteiger partial charge in [-0.2, -0.15) is 0 Å². The fourth-order valence-corrected chi connectivity index (χ4v) is 2.32. The summed E-state index contributed by atoms with van der Waals surface area (Å²) in [5.41, 5.74) is 2.51. The van der Waals surface area contributed by atoms with Crippen molar-refractivity contribution in [3.05, 3.63) is 41.6 Å². The molecule has 1 aliphatic heterocycles. The maximum Gasteiger partial charge on any atom is 0.226 e. The second-order valence-electron chi connectivity index (χ2n) is 5.62. The van der Waals surface area contributed by atoms with Gasteiger partial charge in [-0.25, -0.2) is 0 Å². The second kappa shape index (κ2) is 11.2. The van der Waals surface area contributed by atoms with Crippen LogP contribution in [0.3, 0.4) is 0 Å². The van der Waals surface area contributed by atoms with Crippen LogP contribution in [0.4, 0.5) is 5.69 Å². The number of rotatable bonds is 3. The molecule has 1 atom stereocenters. The fraction of sp³-hybridized carbons (Fsp3) is 0.450. The van der Waals surface area contributed by atoms with E-state index >= 15 is 0 Å². The van der Waals surface area contributed by atoms with Gasteiger partial charge in [0.25, 0.3) is 0 Å². The summed E-state index contributed by atoms with van der Waals surface area (Å²) < 4.78 is 0. The Morgan fingerprint density at radius 1 is 1.20 bits per heavy atom. The van der Waals surface area contributed by atoms with Crippen LogP contribution in [0.5, 0.6) is 0 Å². The Morgan fingerprint density at radius 2 is 1.80 bits per heavy atom. The Balaban J connectivity index is 0.000000451. The topological polar surface area (TPSA) is 75.3 Å². The molecule has 1 saturated heterocycles. The van der Waals surface area contributed by atoms with Gasteiger partial charge in [0.05, 0.1) is 5.56 Å². The van der Waals surface area contributed by atoms with E-state index in [9.17, 15) is 14.4 Å². The molecule has 0 bridgehead atoms. The number of anilines is 1. The standard InChI is InChI=1S/C11H13NO2.C7H11NO.C2H6/c1-7(13)9-5-4-6-10(12-3)11(9)8(2)14;1-5-3-4-6(2)8-7(5)9;1-2/h4-6,12H,1-3H3;5H,2-4H2,1H3,(H,8,9);1-2H3. The summed E-state index contributed by atoms with van der Waals surface area (Å²) in [6, 6.07) is 5.21. The van der Waals surface area contributed by atoms with E-state index in [2.05, 4.69) is 17.2 Å². The van der Waals surface area contributed by atoms with Gasteiger partial charge in [0.15, 0.2) is 11.6 Å². The number of nitrogens with one attached hydrogen (secondary N) is 2. The Labute approximate surface area is 150 Å². The van der Waals surface area contributed by atoms with E-state index in [1.54, 1.807) is 25.2 Å². The lowest BCUT2D eigenvalue weighted by Crippen LogP contribution is -2.32. The Hall–Kier alpha value is -2.43. The number of Topliss-reactive ketones (excluding diaryl/α,β-unsaturated/α-hetero) is 2. The number of carbonyl (C=O) groups is 3. The van der Waals surface area contributed by atoms with Gasteiger partial charge in [0.1, 0.15) is 0 Å². The molecule has 5 heteroatoms. The molecule has 1 aromatic carbocycles. The van der Waals surface area contributed by atoms with Crippen LogP contribution in [0.25, 0.3) is 0 Å². The maximum atomic E-state index is 11.4. The Morgan fingerprint density at radius 3 is 2.20 bits per heavy atom. The summed E-state index contributed by atoms with van der Waals surface area (Å²) in [5, 5.41) is 5.59. The van der Waals surface area contributed by atoms with Gasteiger partial charge in [-0.05, 0) is 32.8 Å². The molecular weight excluding hydrogens is 316 g/mol. The molecule has 1 aliphatic rings. The van der Waals surface area contributed by atoms with Gasteiger partial charge in [0, 0.05) is 29.9 Å². The molecule has 138 valence electrons. The van der Waals surface area contributed by atoms with Crippen molar-refractivity contribution in [3.8, 4) is 0 Å². The molecule has 0 spiro atoms. The summed E-state index contributed by atoms with van der Waals surface area (Å²) in [6.45, 7) is 12.5. The molecule has 0 aromatic heterocycles. The molecule has 1 heterocycles. The lowest BCUT2D eigenvalue weighted by atomic mass is 9.99. The van der Waals surface area contributed by atoms with Gasteiger partial charge in [0.2, 0.25) is 5.91 Å². The normalized spacial score (nSPS) is 15.7. The van der Waals surface area contributed by atoms with Crippen molar-refractivity contribution in [2.45, 2.75) is 47.5 Å². The minimum absolute atomic E-state index is 0.0905. The number of amides is 1. The minimum atomic E-state index is -0.0971. The van der Waals surface area contributed by atoms with Crippen molar-refractivity contribution in [2.75, 3.05) is 12.4 Å². The summed E-state index contributed by atoms with van der Waals surface area (Å²) in [4.78, 5) is 33.4. The highest BCUT2D eigenvalue weighted by Crippen LogP contribution is 2.20. The number of carbonyl (C=O) groups excluding carboxylic acids is 3. The van der Waals surface area contributed by atoms with Crippen LogP contribution in [0.1, 0.15) is 68.2 Å². The van der Waals surface area contributed by atoms with E-state index in [1.165, 1.54) is 13.8 Å². The molecule has 1 fully saturated rings. The SMILES string of the molecule is C=C1CCC(C)C(=O)N1.CC.CNc1cccc(C(C)=O)c1C(C)=O. The average Bonchev–Trinajstić information content (AvgIpc) is 2.59. The van der Waals surface area contributed by atoms with E-state index in [4.69, 9.17) is 0 Å². The molecule has 2 N–H and O–H groups in total. The molecule has 0 aliphatic carbocycles. The number of benzene rings is 1. The van der Waals surface area contributed by atoms with Crippen LogP contribution in [0, 0.1) is 5.92 Å². The van der Waals surface area contributed by atoms with Gasteiger partial charge >= 0.3 is 0 Å². The monoisotopic (exact) mass is 346 g/mol. The largest absolute Gasteiger partial charge is 0.388 e. The Bertz CT molecular complexity index is 636. The van der Waals surface area contributed by atoms with Gasteiger partial charge in [-0.15, -0.1) is 0 Å². The maximum absolute atomic E-state index is 11.4. The highest BCUT2D eigenvalue weighted by atomic mass is 16.2. The lowest BCUT2D eigenvalue weighted by Gasteiger charge is -2.19. The highest BCUT2D eigenvalue weighted by molar-refractivity contribution is 6.10. The van der Waals surface area contributed by atoms with Crippen LogP contribution >= 0.6 is 0 Å². The third-order valence-electron chi connectivity index (χ3n) is 3.69. The highest BCUT2D eigenvalue weighted by Gasteiger charge is 2.18. The number of piperidine rings is 1. The first-order valence-electron chi connectivity index (χ1n) is 8.59. The third kappa shape index (κ3) is 6.91. The number of hydrogen-bond donors (Lipinski definition) is 2. The van der Waals surface area contributed by atoms with Crippen molar-refractivity contribution in [1.82, 2.24) is 5.32 Å². The first-order chi connectivity index (χ1) is 11.8. The first-order valence-corrected chi connectivity index (χ1v) is 8.59. The van der Waals surface area contributed by atoms with E-state index in [0.29, 0.717) is 16.8 Å². The molecule has 25 heavy (non-hydrogen) atoms. The van der Waals surface area contributed by atoms with Crippen molar-refractivity contribution in [1.29, 1.82) is 0 Å². The van der Waals surface area contributed by atoms with Crippen LogP contribution in [-0.2, 0) is 4.79 Å². The number of allylic oxidation sites excluding steroid dienone is 1. The molecule has 1 unspecified atom stereocenters. The van der Waals surface area contributed by atoms with Gasteiger partial charge < -0.3 is 10.6 Å². The van der Waals surface area contributed by atoms with Crippen molar-refractivity contribution < 1.29 is 14.4 Å². The second-order valence-corrected chi connectivity index (χ2v) is 5.62. The first kappa shape index (κ1) is 22.6. The van der Waals surface area contributed by atoms with Gasteiger partial charge in [-0.3, -0.25) is 14.4 Å². The van der Waals surface area contributed by atoms with Crippen LogP contribution < -0.4 is 10.6 Å². The van der Waals surface area contributed by atoms with Crippen molar-refractivity contribution in [3.63, 3.8) is 0 Å². The minimum Gasteiger partial charge on any atom is -0.388 e. The summed E-state index contributed by atoms with van der Waals surface area (Å²) in [5.74, 6) is 0.106. The van der Waals surface area contributed by atoms with Crippen molar-refractivity contribution >= 4 is 23.2 Å². The molecule has 1 amide bonds. The zero-order valence-corrected chi connectivity index (χ0v) is 16.2. The lowest BCUT2D eigenvalue weighted by molar-refractivity contribution is -0.124. The summed E-state index contributed by atoms with van der Waals surface area (Å²) >= 11 is 0. The van der Waals surface area contributed by atoms with E-state index < -0.39 is 0 Å². The predicted molar refractivity (Wildman–Crippen MR) is 103 cm³/mol. The van der Waals surface area contributed by atoms with Crippen LogP contribution in [0.2, 0.25) is 0 Å². The van der Waals surface area contributed by atoms with E-state index in [-0.39, 0.29) is 23.4 Å². The smallest absolute Gasteiger partial charge is 0.226 e. The van der Waals surface area contributed by atoms with Gasteiger partial charge in [-0.1, -0.05) is 39.5 Å². The quantitative estimate of drug-likeness (QED) is 0.804. The molecule has 1 aromatic rings. The Kier molecular flexibility index (Phi) is 10.1. The molecule has 5 nitrogen and oxygen atoms in total. The fourth-order valence-electron chi connectivity index (χ4n) is 2.32. The third-order valence-corrected chi connectivity index (χ3v) is 3.69. The zero-order valence-electron chi connectivity index (χ0n) is 16.2. The molecule has 0 radical (unpaired) electrons. The van der Waals surface area contributed by atoms with Crippen LogP contribution in [0.15, 0.2) is 30.5 Å². The molecule has 0 saturated carbocycles. The zero-order chi connectivity index (χ0) is 19.6. The summed E-state index contributed by atoms with van der Waals surface area (Å²) in [7, 11) is 1.73. The molecular formula is C20H30N2O3. The van der Waals surface area contributed by atoms with Crippen LogP contribution in [-0.4, -0.2) is 24.5 Å². The number of hydrogen-bond acceptors (Lipinski definition) is 4. The number of ketones is 2. The van der Waals surface area contributed by atoms with E-state index in [1.807, 2.05) is 20.8 Å².